The van der Waals surface area contributed by atoms with E-state index in [1.165, 1.54) is 5.56 Å². The van der Waals surface area contributed by atoms with E-state index >= 15 is 0 Å². The van der Waals surface area contributed by atoms with Gasteiger partial charge in [-0.25, -0.2) is 0 Å². The van der Waals surface area contributed by atoms with Gasteiger partial charge >= 0.3 is 0 Å². The van der Waals surface area contributed by atoms with Gasteiger partial charge in [0.1, 0.15) is 0 Å². The summed E-state index contributed by atoms with van der Waals surface area (Å²) in [5.41, 5.74) is 1.60. The molecule has 5 nitrogen and oxygen atoms in total. The van der Waals surface area contributed by atoms with Crippen molar-refractivity contribution in [1.29, 1.82) is 0 Å². The first kappa shape index (κ1) is 18.7. The number of nitrogens with zero attached hydrogens (tertiary/aromatic N) is 3. The van der Waals surface area contributed by atoms with E-state index in [0.717, 1.165) is 19.3 Å². The lowest BCUT2D eigenvalue weighted by molar-refractivity contribution is 0.0681. The largest absolute Gasteiger partial charge is 0.337 e. The van der Waals surface area contributed by atoms with Crippen molar-refractivity contribution in [3.8, 4) is 0 Å². The maximum absolute atomic E-state index is 13.0. The van der Waals surface area contributed by atoms with Crippen LogP contribution in [0.2, 0.25) is 5.02 Å². The fourth-order valence-electron chi connectivity index (χ4n) is 3.93. The summed E-state index contributed by atoms with van der Waals surface area (Å²) in [7, 11) is 1.73. The van der Waals surface area contributed by atoms with Crippen LogP contribution in [0.3, 0.4) is 0 Å². The molecular formula is C22H22ClN3O2. The fraction of sp³-hybridized carbons (Fsp3) is 0.318. The van der Waals surface area contributed by atoms with Crippen molar-refractivity contribution in [2.75, 3.05) is 13.1 Å². The summed E-state index contributed by atoms with van der Waals surface area (Å²) in [6.07, 6.45) is 2.89. The average Bonchev–Trinajstić information content (AvgIpc) is 2.71. The minimum Gasteiger partial charge on any atom is -0.337 e. The number of benzene rings is 2. The predicted octanol–water partition coefficient (Wildman–Crippen LogP) is 3.68. The number of halogens is 1. The third-order valence-electron chi connectivity index (χ3n) is 5.49. The fourth-order valence-corrected chi connectivity index (χ4v) is 4.10. The molecule has 0 radical (unpaired) electrons. The molecule has 144 valence electrons. The first-order chi connectivity index (χ1) is 13.5. The number of aromatic nitrogens is 2. The Labute approximate surface area is 168 Å². The molecule has 1 aromatic heterocycles. The lowest BCUT2D eigenvalue weighted by atomic mass is 9.90. The van der Waals surface area contributed by atoms with Crippen LogP contribution in [0.5, 0.6) is 0 Å². The van der Waals surface area contributed by atoms with Gasteiger partial charge in [0.15, 0.2) is 5.69 Å². The van der Waals surface area contributed by atoms with Gasteiger partial charge in [-0.3, -0.25) is 14.3 Å². The molecule has 0 saturated carbocycles. The maximum Gasteiger partial charge on any atom is 0.278 e. The molecular weight excluding hydrogens is 374 g/mol. The Hall–Kier alpha value is -2.66. The standard InChI is InChI=1S/C22H22ClN3O2/c1-25-19-8-7-17(23)14-18(19)21(27)20(24-25)22(28)26-11-9-16(10-12-26)13-15-5-3-2-4-6-15/h2-8,14,16H,9-13H2,1H3. The molecule has 0 spiro atoms. The maximum atomic E-state index is 13.0. The lowest BCUT2D eigenvalue weighted by Gasteiger charge is -2.31. The van der Waals surface area contributed by atoms with E-state index in [9.17, 15) is 9.59 Å². The number of amides is 1. The molecule has 2 heterocycles. The number of piperidine rings is 1. The number of carbonyl (C=O) groups is 1. The summed E-state index contributed by atoms with van der Waals surface area (Å²) in [5, 5.41) is 5.15. The van der Waals surface area contributed by atoms with E-state index < -0.39 is 0 Å². The number of likely N-dealkylation sites (tertiary alicyclic amines) is 1. The smallest absolute Gasteiger partial charge is 0.278 e. The zero-order chi connectivity index (χ0) is 19.7. The summed E-state index contributed by atoms with van der Waals surface area (Å²) < 4.78 is 1.57. The van der Waals surface area contributed by atoms with Gasteiger partial charge in [0.05, 0.1) is 10.9 Å². The molecule has 28 heavy (non-hydrogen) atoms. The van der Waals surface area contributed by atoms with Gasteiger partial charge in [-0.15, -0.1) is 0 Å². The Kier molecular flexibility index (Phi) is 5.18. The second kappa shape index (κ2) is 7.76. The monoisotopic (exact) mass is 395 g/mol. The molecule has 0 bridgehead atoms. The van der Waals surface area contributed by atoms with Crippen molar-refractivity contribution >= 4 is 28.4 Å². The van der Waals surface area contributed by atoms with Crippen LogP contribution >= 0.6 is 11.6 Å². The second-order valence-corrected chi connectivity index (χ2v) is 7.82. The van der Waals surface area contributed by atoms with Crippen LogP contribution < -0.4 is 5.43 Å². The molecule has 3 aromatic rings. The summed E-state index contributed by atoms with van der Waals surface area (Å²) in [4.78, 5) is 27.6. The van der Waals surface area contributed by atoms with E-state index in [0.29, 0.717) is 34.9 Å². The van der Waals surface area contributed by atoms with E-state index in [2.05, 4.69) is 29.4 Å². The van der Waals surface area contributed by atoms with Crippen LogP contribution in [-0.4, -0.2) is 33.7 Å². The number of hydrogen-bond donors (Lipinski definition) is 0. The lowest BCUT2D eigenvalue weighted by Crippen LogP contribution is -2.41. The van der Waals surface area contributed by atoms with E-state index in [1.807, 2.05) is 6.07 Å². The number of fused-ring (bicyclic) bond motifs is 1. The highest BCUT2D eigenvalue weighted by atomic mass is 35.5. The minimum absolute atomic E-state index is 0.0289. The van der Waals surface area contributed by atoms with Crippen LogP contribution in [0.4, 0.5) is 0 Å². The minimum atomic E-state index is -0.355. The highest BCUT2D eigenvalue weighted by Gasteiger charge is 2.27. The van der Waals surface area contributed by atoms with E-state index in [1.54, 1.807) is 34.8 Å². The summed E-state index contributed by atoms with van der Waals surface area (Å²) >= 11 is 6.04. The van der Waals surface area contributed by atoms with Crippen molar-refractivity contribution in [3.05, 3.63) is 75.0 Å². The number of aryl methyl sites for hydroxylation is 1. The van der Waals surface area contributed by atoms with Crippen molar-refractivity contribution < 1.29 is 4.79 Å². The quantitative estimate of drug-likeness (QED) is 0.679. The van der Waals surface area contributed by atoms with Crippen molar-refractivity contribution in [2.24, 2.45) is 13.0 Å². The van der Waals surface area contributed by atoms with Gasteiger partial charge in [0, 0.05) is 25.2 Å². The third-order valence-corrected chi connectivity index (χ3v) is 5.72. The molecule has 1 amide bonds. The van der Waals surface area contributed by atoms with Crippen molar-refractivity contribution in [2.45, 2.75) is 19.3 Å². The van der Waals surface area contributed by atoms with Crippen LogP contribution in [0.25, 0.3) is 10.9 Å². The highest BCUT2D eigenvalue weighted by Crippen LogP contribution is 2.23. The molecule has 4 rings (SSSR count). The zero-order valence-electron chi connectivity index (χ0n) is 15.8. The molecule has 0 atom stereocenters. The predicted molar refractivity (Wildman–Crippen MR) is 111 cm³/mol. The molecule has 0 unspecified atom stereocenters. The number of rotatable bonds is 3. The summed E-state index contributed by atoms with van der Waals surface area (Å²) in [6.45, 7) is 1.30. The zero-order valence-corrected chi connectivity index (χ0v) is 16.5. The first-order valence-electron chi connectivity index (χ1n) is 9.52. The van der Waals surface area contributed by atoms with Crippen LogP contribution in [-0.2, 0) is 13.5 Å². The van der Waals surface area contributed by atoms with Crippen molar-refractivity contribution in [3.63, 3.8) is 0 Å². The Balaban J connectivity index is 1.51. The SMILES string of the molecule is Cn1nc(C(=O)N2CCC(Cc3ccccc3)CC2)c(=O)c2cc(Cl)ccc21. The summed E-state index contributed by atoms with van der Waals surface area (Å²) in [6, 6.07) is 15.5. The molecule has 2 aromatic carbocycles. The highest BCUT2D eigenvalue weighted by molar-refractivity contribution is 6.31. The topological polar surface area (TPSA) is 55.2 Å². The Morgan fingerprint density at radius 1 is 1.14 bits per heavy atom. The second-order valence-electron chi connectivity index (χ2n) is 7.39. The van der Waals surface area contributed by atoms with Crippen molar-refractivity contribution in [1.82, 2.24) is 14.7 Å². The molecule has 1 fully saturated rings. The number of carbonyl (C=O) groups excluding carboxylic acids is 1. The Morgan fingerprint density at radius 3 is 2.57 bits per heavy atom. The molecule has 1 aliphatic heterocycles. The van der Waals surface area contributed by atoms with Crippen LogP contribution in [0, 0.1) is 5.92 Å². The molecule has 0 aliphatic carbocycles. The first-order valence-corrected chi connectivity index (χ1v) is 9.90. The average molecular weight is 396 g/mol. The molecule has 0 N–H and O–H groups in total. The Morgan fingerprint density at radius 2 is 1.86 bits per heavy atom. The van der Waals surface area contributed by atoms with E-state index in [-0.39, 0.29) is 17.0 Å². The normalized spacial score (nSPS) is 15.1. The van der Waals surface area contributed by atoms with Gasteiger partial charge in [0.2, 0.25) is 5.43 Å². The third kappa shape index (κ3) is 3.67. The van der Waals surface area contributed by atoms with Crippen LogP contribution in [0.1, 0.15) is 28.9 Å². The van der Waals surface area contributed by atoms with Gasteiger partial charge in [0.25, 0.3) is 5.91 Å². The van der Waals surface area contributed by atoms with Gasteiger partial charge in [-0.1, -0.05) is 41.9 Å². The van der Waals surface area contributed by atoms with Crippen LogP contribution in [0.15, 0.2) is 53.3 Å². The molecule has 1 aliphatic rings. The Bertz CT molecular complexity index is 1070. The van der Waals surface area contributed by atoms with Gasteiger partial charge in [-0.05, 0) is 48.9 Å². The number of hydrogen-bond acceptors (Lipinski definition) is 3. The van der Waals surface area contributed by atoms with Gasteiger partial charge in [-0.2, -0.15) is 5.10 Å². The summed E-state index contributed by atoms with van der Waals surface area (Å²) in [5.74, 6) is 0.262. The van der Waals surface area contributed by atoms with E-state index in [4.69, 9.17) is 11.6 Å². The molecule has 6 heteroatoms. The van der Waals surface area contributed by atoms with Gasteiger partial charge < -0.3 is 4.90 Å². The molecule has 1 saturated heterocycles.